The van der Waals surface area contributed by atoms with Crippen molar-refractivity contribution in [3.05, 3.63) is 34.8 Å². The van der Waals surface area contributed by atoms with Crippen molar-refractivity contribution >= 4 is 23.1 Å². The summed E-state index contributed by atoms with van der Waals surface area (Å²) in [4.78, 5) is 0. The molecule has 1 N–H and O–H groups in total. The summed E-state index contributed by atoms with van der Waals surface area (Å²) in [6.07, 6.45) is 0. The van der Waals surface area contributed by atoms with Crippen molar-refractivity contribution in [2.24, 2.45) is 0 Å². The van der Waals surface area contributed by atoms with Crippen LogP contribution in [0.2, 0.25) is 0 Å². The monoisotopic (exact) mass is 309 g/mol. The number of hydrogen-bond donors (Lipinski definition) is 1. The van der Waals surface area contributed by atoms with Gasteiger partial charge in [0.15, 0.2) is 4.34 Å². The van der Waals surface area contributed by atoms with Gasteiger partial charge in [-0.25, -0.2) is 0 Å². The molecule has 1 heterocycles. The van der Waals surface area contributed by atoms with Gasteiger partial charge < -0.3 is 10.1 Å². The average Bonchev–Trinajstić information content (AvgIpc) is 2.87. The van der Waals surface area contributed by atoms with Gasteiger partial charge in [-0.1, -0.05) is 35.2 Å². The molecule has 1 atom stereocenters. The summed E-state index contributed by atoms with van der Waals surface area (Å²) in [7, 11) is 1.98. The van der Waals surface area contributed by atoms with Crippen molar-refractivity contribution in [3.63, 3.8) is 0 Å². The third kappa shape index (κ3) is 4.19. The highest BCUT2D eigenvalue weighted by Crippen LogP contribution is 2.27. The zero-order valence-corrected chi connectivity index (χ0v) is 13.6. The maximum atomic E-state index is 5.46. The van der Waals surface area contributed by atoms with Gasteiger partial charge in [0.25, 0.3) is 0 Å². The Morgan fingerprint density at radius 1 is 1.30 bits per heavy atom. The molecule has 20 heavy (non-hydrogen) atoms. The fourth-order valence-corrected chi connectivity index (χ4v) is 3.79. The Kier molecular flexibility index (Phi) is 5.82. The van der Waals surface area contributed by atoms with Gasteiger partial charge in [0.2, 0.25) is 0 Å². The third-order valence-electron chi connectivity index (χ3n) is 2.82. The normalized spacial score (nSPS) is 12.3. The molecule has 4 nitrogen and oxygen atoms in total. The van der Waals surface area contributed by atoms with Crippen LogP contribution in [0.1, 0.15) is 23.5 Å². The number of aryl methyl sites for hydroxylation is 1. The summed E-state index contributed by atoms with van der Waals surface area (Å²) in [5.41, 5.74) is 1.25. The van der Waals surface area contributed by atoms with Crippen molar-refractivity contribution in [2.75, 3.05) is 19.4 Å². The molecular formula is C14H19N3OS2. The molecule has 0 fully saturated rings. The van der Waals surface area contributed by atoms with Crippen LogP contribution in [0.3, 0.4) is 0 Å². The minimum absolute atomic E-state index is 0.292. The molecule has 0 amide bonds. The van der Waals surface area contributed by atoms with Crippen molar-refractivity contribution in [2.45, 2.75) is 24.2 Å². The molecule has 108 valence electrons. The quantitative estimate of drug-likeness (QED) is 0.795. The van der Waals surface area contributed by atoms with Gasteiger partial charge in [-0.15, -0.1) is 10.2 Å². The van der Waals surface area contributed by atoms with Gasteiger partial charge in [-0.2, -0.15) is 0 Å². The van der Waals surface area contributed by atoms with Crippen LogP contribution in [0.5, 0.6) is 5.75 Å². The molecule has 0 saturated carbocycles. The molecule has 1 aromatic carbocycles. The van der Waals surface area contributed by atoms with E-state index in [-0.39, 0.29) is 0 Å². The summed E-state index contributed by atoms with van der Waals surface area (Å²) in [6.45, 7) is 4.66. The van der Waals surface area contributed by atoms with Gasteiger partial charge in [-0.05, 0) is 38.6 Å². The Morgan fingerprint density at radius 3 is 2.60 bits per heavy atom. The molecule has 0 aliphatic carbocycles. The van der Waals surface area contributed by atoms with E-state index in [9.17, 15) is 0 Å². The summed E-state index contributed by atoms with van der Waals surface area (Å²) >= 11 is 3.37. The fourth-order valence-electron chi connectivity index (χ4n) is 1.80. The van der Waals surface area contributed by atoms with Crippen LogP contribution in [0.4, 0.5) is 0 Å². The van der Waals surface area contributed by atoms with Crippen LogP contribution in [0, 0.1) is 6.92 Å². The molecular weight excluding hydrogens is 290 g/mol. The van der Waals surface area contributed by atoms with Gasteiger partial charge in [-0.3, -0.25) is 0 Å². The molecule has 0 radical (unpaired) electrons. The molecule has 0 spiro atoms. The first-order valence-electron chi connectivity index (χ1n) is 6.56. The molecule has 2 aromatic rings. The standard InChI is InChI=1S/C14H19N3OS2/c1-4-18-12-7-5-11(6-8-12)13(15-3)9-19-14-17-16-10(2)20-14/h5-8,13,15H,4,9H2,1-3H3. The maximum Gasteiger partial charge on any atom is 0.174 e. The Morgan fingerprint density at radius 2 is 2.05 bits per heavy atom. The lowest BCUT2D eigenvalue weighted by atomic mass is 10.1. The number of nitrogens with zero attached hydrogens (tertiary/aromatic N) is 2. The van der Waals surface area contributed by atoms with Gasteiger partial charge in [0.1, 0.15) is 10.8 Å². The summed E-state index contributed by atoms with van der Waals surface area (Å²) in [6, 6.07) is 8.54. The zero-order chi connectivity index (χ0) is 14.4. The van der Waals surface area contributed by atoms with Crippen LogP contribution in [-0.4, -0.2) is 29.6 Å². The second kappa shape index (κ2) is 7.61. The maximum absolute atomic E-state index is 5.46. The molecule has 0 saturated heterocycles. The highest BCUT2D eigenvalue weighted by Gasteiger charge is 2.11. The van der Waals surface area contributed by atoms with E-state index >= 15 is 0 Å². The largest absolute Gasteiger partial charge is 0.494 e. The van der Waals surface area contributed by atoms with Gasteiger partial charge in [0.05, 0.1) is 6.61 Å². The number of nitrogens with one attached hydrogen (secondary N) is 1. The van der Waals surface area contributed by atoms with Crippen molar-refractivity contribution < 1.29 is 4.74 Å². The van der Waals surface area contributed by atoms with Crippen LogP contribution in [0.15, 0.2) is 28.6 Å². The van der Waals surface area contributed by atoms with E-state index < -0.39 is 0 Å². The van der Waals surface area contributed by atoms with Crippen molar-refractivity contribution in [1.82, 2.24) is 15.5 Å². The van der Waals surface area contributed by atoms with E-state index in [0.717, 1.165) is 20.8 Å². The second-order valence-electron chi connectivity index (χ2n) is 4.24. The lowest BCUT2D eigenvalue weighted by molar-refractivity contribution is 0.340. The first-order valence-corrected chi connectivity index (χ1v) is 8.36. The topological polar surface area (TPSA) is 47.0 Å². The summed E-state index contributed by atoms with van der Waals surface area (Å²) in [5, 5.41) is 12.5. The van der Waals surface area contributed by atoms with Crippen molar-refractivity contribution in [1.29, 1.82) is 0 Å². The lowest BCUT2D eigenvalue weighted by Gasteiger charge is -2.16. The summed E-state index contributed by atoms with van der Waals surface area (Å²) in [5.74, 6) is 1.84. The highest BCUT2D eigenvalue weighted by atomic mass is 32.2. The van der Waals surface area contributed by atoms with Crippen LogP contribution < -0.4 is 10.1 Å². The van der Waals surface area contributed by atoms with Gasteiger partial charge >= 0.3 is 0 Å². The van der Waals surface area contributed by atoms with E-state index in [4.69, 9.17) is 4.74 Å². The second-order valence-corrected chi connectivity index (χ2v) is 6.69. The number of hydrogen-bond acceptors (Lipinski definition) is 6. The third-order valence-corrected chi connectivity index (χ3v) is 4.89. The SMILES string of the molecule is CCOc1ccc(C(CSc2nnc(C)s2)NC)cc1. The molecule has 6 heteroatoms. The smallest absolute Gasteiger partial charge is 0.174 e. The average molecular weight is 309 g/mol. The Hall–Kier alpha value is -1.11. The minimum Gasteiger partial charge on any atom is -0.494 e. The van der Waals surface area contributed by atoms with Crippen molar-refractivity contribution in [3.8, 4) is 5.75 Å². The molecule has 0 aliphatic rings. The van der Waals surface area contributed by atoms with Crippen LogP contribution in [-0.2, 0) is 0 Å². The predicted molar refractivity (Wildman–Crippen MR) is 84.8 cm³/mol. The minimum atomic E-state index is 0.292. The number of rotatable bonds is 7. The van der Waals surface area contributed by atoms with E-state index in [1.54, 1.807) is 23.1 Å². The Labute approximate surface area is 128 Å². The number of thioether (sulfide) groups is 1. The number of aromatic nitrogens is 2. The summed E-state index contributed by atoms with van der Waals surface area (Å²) < 4.78 is 6.49. The molecule has 0 bridgehead atoms. The molecule has 1 unspecified atom stereocenters. The number of benzene rings is 1. The highest BCUT2D eigenvalue weighted by molar-refractivity contribution is 8.01. The first kappa shape index (κ1) is 15.3. The lowest BCUT2D eigenvalue weighted by Crippen LogP contribution is -2.18. The van der Waals surface area contributed by atoms with Crippen LogP contribution in [0.25, 0.3) is 0 Å². The molecule has 1 aromatic heterocycles. The van der Waals surface area contributed by atoms with E-state index in [2.05, 4.69) is 27.6 Å². The van der Waals surface area contributed by atoms with Gasteiger partial charge in [0, 0.05) is 11.8 Å². The first-order chi connectivity index (χ1) is 9.72. The van der Waals surface area contributed by atoms with Crippen LogP contribution >= 0.6 is 23.1 Å². The fraction of sp³-hybridized carbons (Fsp3) is 0.429. The van der Waals surface area contributed by atoms with E-state index in [0.29, 0.717) is 12.6 Å². The number of ether oxygens (including phenoxy) is 1. The zero-order valence-electron chi connectivity index (χ0n) is 11.9. The van der Waals surface area contributed by atoms with E-state index in [1.165, 1.54) is 5.56 Å². The van der Waals surface area contributed by atoms with E-state index in [1.807, 2.05) is 33.0 Å². The Balaban J connectivity index is 1.96. The molecule has 2 rings (SSSR count). The molecule has 0 aliphatic heterocycles. The predicted octanol–water partition coefficient (Wildman–Crippen LogP) is 3.30. The Bertz CT molecular complexity index is 527.